The third-order valence-corrected chi connectivity index (χ3v) is 3.36. The molecular formula is C15H19BrN4O2. The first-order valence-corrected chi connectivity index (χ1v) is 7.63. The van der Waals surface area contributed by atoms with Crippen LogP contribution in [0.4, 0.5) is 11.5 Å². The summed E-state index contributed by atoms with van der Waals surface area (Å²) >= 11 is 3.37. The molecule has 0 aromatic carbocycles. The number of nitrogens with one attached hydrogen (secondary N) is 1. The van der Waals surface area contributed by atoms with Crippen LogP contribution in [-0.2, 0) is 7.05 Å². The minimum atomic E-state index is -0.121. The molecule has 2 aromatic heterocycles. The number of likely N-dealkylation sites (N-methyl/N-ethyl adjacent to an activating group) is 1. The van der Waals surface area contributed by atoms with Crippen molar-refractivity contribution in [1.82, 2.24) is 14.5 Å². The molecule has 7 heteroatoms. The molecule has 0 bridgehead atoms. The lowest BCUT2D eigenvalue weighted by molar-refractivity contribution is 0.254. The highest BCUT2D eigenvalue weighted by Gasteiger charge is 2.06. The molecule has 0 radical (unpaired) electrons. The first kappa shape index (κ1) is 16.5. The Morgan fingerprint density at radius 1 is 1.41 bits per heavy atom. The molecule has 0 unspecified atom stereocenters. The fourth-order valence-electron chi connectivity index (χ4n) is 1.80. The van der Waals surface area contributed by atoms with Gasteiger partial charge in [0, 0.05) is 30.3 Å². The third-order valence-electron chi connectivity index (χ3n) is 2.92. The molecule has 6 nitrogen and oxygen atoms in total. The molecule has 0 fully saturated rings. The summed E-state index contributed by atoms with van der Waals surface area (Å²) in [6.07, 6.45) is 1.71. The Kier molecular flexibility index (Phi) is 5.57. The van der Waals surface area contributed by atoms with E-state index in [1.165, 1.54) is 4.57 Å². The summed E-state index contributed by atoms with van der Waals surface area (Å²) in [5.74, 6) is 1.09. The van der Waals surface area contributed by atoms with Gasteiger partial charge >= 0.3 is 0 Å². The van der Waals surface area contributed by atoms with Gasteiger partial charge in [0.05, 0.1) is 0 Å². The number of rotatable bonds is 6. The smallest absolute Gasteiger partial charge is 0.274 e. The Morgan fingerprint density at radius 2 is 2.18 bits per heavy atom. The number of ether oxygens (including phenoxy) is 1. The number of pyridine rings is 2. The maximum atomic E-state index is 12.1. The molecule has 0 atom stereocenters. The molecule has 2 aromatic rings. The van der Waals surface area contributed by atoms with E-state index < -0.39 is 0 Å². The van der Waals surface area contributed by atoms with E-state index in [9.17, 15) is 4.79 Å². The highest BCUT2D eigenvalue weighted by Crippen LogP contribution is 2.17. The van der Waals surface area contributed by atoms with E-state index in [-0.39, 0.29) is 5.56 Å². The van der Waals surface area contributed by atoms with Gasteiger partial charge in [0.15, 0.2) is 0 Å². The molecule has 2 heterocycles. The van der Waals surface area contributed by atoms with Gasteiger partial charge in [0.25, 0.3) is 5.56 Å². The summed E-state index contributed by atoms with van der Waals surface area (Å²) < 4.78 is 7.91. The van der Waals surface area contributed by atoms with Crippen molar-refractivity contribution < 1.29 is 4.74 Å². The van der Waals surface area contributed by atoms with Crippen LogP contribution in [0.1, 0.15) is 0 Å². The van der Waals surface area contributed by atoms with E-state index in [4.69, 9.17) is 4.74 Å². The van der Waals surface area contributed by atoms with Crippen molar-refractivity contribution in [2.45, 2.75) is 0 Å². The summed E-state index contributed by atoms with van der Waals surface area (Å²) in [7, 11) is 5.67. The van der Waals surface area contributed by atoms with Crippen LogP contribution in [0.3, 0.4) is 0 Å². The average molecular weight is 367 g/mol. The number of aromatic nitrogens is 2. The SMILES string of the molecule is CN(C)CCOc1cccc(Nc2cc(Br)cn(C)c2=O)n1. The minimum absolute atomic E-state index is 0.121. The van der Waals surface area contributed by atoms with Gasteiger partial charge in [0.2, 0.25) is 5.88 Å². The van der Waals surface area contributed by atoms with E-state index in [2.05, 4.69) is 26.2 Å². The van der Waals surface area contributed by atoms with Crippen LogP contribution in [0.5, 0.6) is 5.88 Å². The Labute approximate surface area is 137 Å². The van der Waals surface area contributed by atoms with Gasteiger partial charge in [-0.1, -0.05) is 6.07 Å². The maximum absolute atomic E-state index is 12.1. The normalized spacial score (nSPS) is 10.8. The van der Waals surface area contributed by atoms with E-state index >= 15 is 0 Å². The van der Waals surface area contributed by atoms with E-state index in [1.807, 2.05) is 25.1 Å². The van der Waals surface area contributed by atoms with Crippen molar-refractivity contribution in [1.29, 1.82) is 0 Å². The number of nitrogens with zero attached hydrogens (tertiary/aromatic N) is 3. The van der Waals surface area contributed by atoms with Gasteiger partial charge in [-0.25, -0.2) is 0 Å². The summed E-state index contributed by atoms with van der Waals surface area (Å²) in [5, 5.41) is 3.03. The summed E-state index contributed by atoms with van der Waals surface area (Å²) in [6.45, 7) is 1.37. The zero-order valence-corrected chi connectivity index (χ0v) is 14.4. The van der Waals surface area contributed by atoms with Gasteiger partial charge in [-0.05, 0) is 42.2 Å². The summed E-state index contributed by atoms with van der Waals surface area (Å²) in [5.41, 5.74) is 0.332. The monoisotopic (exact) mass is 366 g/mol. The molecule has 0 spiro atoms. The van der Waals surface area contributed by atoms with E-state index in [0.29, 0.717) is 24.0 Å². The molecule has 0 aliphatic heterocycles. The zero-order valence-electron chi connectivity index (χ0n) is 12.8. The molecular weight excluding hydrogens is 348 g/mol. The number of hydrogen-bond acceptors (Lipinski definition) is 5. The molecule has 0 amide bonds. The molecule has 2 rings (SSSR count). The Balaban J connectivity index is 2.12. The van der Waals surface area contributed by atoms with Crippen molar-refractivity contribution in [3.8, 4) is 5.88 Å². The van der Waals surface area contributed by atoms with Crippen LogP contribution in [0, 0.1) is 0 Å². The van der Waals surface area contributed by atoms with Crippen molar-refractivity contribution >= 4 is 27.4 Å². The molecule has 0 aliphatic carbocycles. The molecule has 1 N–H and O–H groups in total. The maximum Gasteiger partial charge on any atom is 0.274 e. The average Bonchev–Trinajstić information content (AvgIpc) is 2.44. The first-order chi connectivity index (χ1) is 10.5. The number of halogens is 1. The van der Waals surface area contributed by atoms with Crippen molar-refractivity contribution in [3.63, 3.8) is 0 Å². The van der Waals surface area contributed by atoms with Crippen LogP contribution >= 0.6 is 15.9 Å². The topological polar surface area (TPSA) is 59.4 Å². The third kappa shape index (κ3) is 4.57. The summed E-state index contributed by atoms with van der Waals surface area (Å²) in [4.78, 5) is 18.5. The van der Waals surface area contributed by atoms with Gasteiger partial charge in [0.1, 0.15) is 18.1 Å². The first-order valence-electron chi connectivity index (χ1n) is 6.83. The van der Waals surface area contributed by atoms with Crippen LogP contribution in [0.2, 0.25) is 0 Å². The van der Waals surface area contributed by atoms with Crippen molar-refractivity contribution in [2.24, 2.45) is 7.05 Å². The largest absolute Gasteiger partial charge is 0.476 e. The van der Waals surface area contributed by atoms with E-state index in [1.54, 1.807) is 31.4 Å². The highest BCUT2D eigenvalue weighted by molar-refractivity contribution is 9.10. The lowest BCUT2D eigenvalue weighted by Crippen LogP contribution is -2.20. The van der Waals surface area contributed by atoms with Crippen molar-refractivity contribution in [2.75, 3.05) is 32.6 Å². The van der Waals surface area contributed by atoms with Crippen LogP contribution in [-0.4, -0.2) is 41.7 Å². The zero-order chi connectivity index (χ0) is 16.1. The molecule has 0 aliphatic rings. The number of aryl methyl sites for hydroxylation is 1. The number of anilines is 2. The Hall–Kier alpha value is -1.86. The molecule has 118 valence electrons. The Bertz CT molecular complexity index is 700. The quantitative estimate of drug-likeness (QED) is 0.849. The standard InChI is InChI=1S/C15H19BrN4O2/c1-19(2)7-8-22-14-6-4-5-13(18-14)17-12-9-11(16)10-20(3)15(12)21/h4-6,9-10H,7-8H2,1-3H3,(H,17,18). The van der Waals surface area contributed by atoms with Gasteiger partial charge in [-0.15, -0.1) is 0 Å². The predicted octanol–water partition coefficient (Wildman–Crippen LogP) is 2.23. The molecule has 0 saturated heterocycles. The van der Waals surface area contributed by atoms with Gasteiger partial charge in [-0.3, -0.25) is 4.79 Å². The fraction of sp³-hybridized carbons (Fsp3) is 0.333. The fourth-order valence-corrected chi connectivity index (χ4v) is 2.33. The van der Waals surface area contributed by atoms with Gasteiger partial charge in [-0.2, -0.15) is 4.98 Å². The summed E-state index contributed by atoms with van der Waals surface area (Å²) in [6, 6.07) is 7.14. The molecule has 22 heavy (non-hydrogen) atoms. The van der Waals surface area contributed by atoms with Gasteiger partial charge < -0.3 is 19.5 Å². The van der Waals surface area contributed by atoms with E-state index in [0.717, 1.165) is 11.0 Å². The number of hydrogen-bond donors (Lipinski definition) is 1. The second-order valence-corrected chi connectivity index (χ2v) is 6.04. The van der Waals surface area contributed by atoms with Crippen LogP contribution < -0.4 is 15.6 Å². The van der Waals surface area contributed by atoms with Crippen molar-refractivity contribution in [3.05, 3.63) is 45.3 Å². The lowest BCUT2D eigenvalue weighted by atomic mass is 10.4. The highest BCUT2D eigenvalue weighted by atomic mass is 79.9. The van der Waals surface area contributed by atoms with Crippen LogP contribution in [0.15, 0.2) is 39.7 Å². The second-order valence-electron chi connectivity index (χ2n) is 5.13. The minimum Gasteiger partial charge on any atom is -0.476 e. The Morgan fingerprint density at radius 3 is 2.91 bits per heavy atom. The molecule has 0 saturated carbocycles. The predicted molar refractivity (Wildman–Crippen MR) is 91.0 cm³/mol. The second kappa shape index (κ2) is 7.42. The van der Waals surface area contributed by atoms with Crippen LogP contribution in [0.25, 0.3) is 0 Å². The lowest BCUT2D eigenvalue weighted by Gasteiger charge is -2.12.